The predicted molar refractivity (Wildman–Crippen MR) is 235 cm³/mol. The number of hydrogen-bond acceptors (Lipinski definition) is 1. The van der Waals surface area contributed by atoms with E-state index in [9.17, 15) is 0 Å². The Bertz CT molecular complexity index is 2980. The topological polar surface area (TPSA) is 32.6 Å². The number of imidazole rings is 1. The molecule has 4 heterocycles. The highest BCUT2D eigenvalue weighted by atomic mass is 15.1. The number of nitrogens with zero attached hydrogens (tertiary/aromatic N) is 5. The molecule has 270 valence electrons. The maximum absolute atomic E-state index is 5.42. The summed E-state index contributed by atoms with van der Waals surface area (Å²) in [6.07, 6.45) is 0. The van der Waals surface area contributed by atoms with Gasteiger partial charge in [-0.25, -0.2) is 4.98 Å². The van der Waals surface area contributed by atoms with Gasteiger partial charge in [-0.2, -0.15) is 0 Å². The molecular formula is C51H41N5. The molecule has 0 amide bonds. The molecule has 0 fully saturated rings. The van der Waals surface area contributed by atoms with E-state index in [-0.39, 0.29) is 0 Å². The van der Waals surface area contributed by atoms with Gasteiger partial charge in [-0.1, -0.05) is 117 Å². The van der Waals surface area contributed by atoms with Gasteiger partial charge in [-0.05, 0) is 86.6 Å². The van der Waals surface area contributed by atoms with E-state index in [1.165, 1.54) is 32.9 Å². The fourth-order valence-electron chi connectivity index (χ4n) is 8.75. The van der Waals surface area contributed by atoms with Crippen molar-refractivity contribution in [3.63, 3.8) is 0 Å². The van der Waals surface area contributed by atoms with Crippen molar-refractivity contribution < 1.29 is 0 Å². The number of hydrogen-bond donors (Lipinski definition) is 0. The van der Waals surface area contributed by atoms with Crippen LogP contribution in [0.2, 0.25) is 0 Å². The summed E-state index contributed by atoms with van der Waals surface area (Å²) in [4.78, 5) is 5.42. The van der Waals surface area contributed by atoms with Gasteiger partial charge in [0.25, 0.3) is 0 Å². The van der Waals surface area contributed by atoms with Crippen molar-refractivity contribution in [2.75, 3.05) is 0 Å². The first kappa shape index (κ1) is 33.5. The van der Waals surface area contributed by atoms with E-state index in [1.807, 2.05) is 13.8 Å². The molecule has 0 saturated carbocycles. The van der Waals surface area contributed by atoms with Crippen LogP contribution in [0.15, 0.2) is 176 Å². The van der Waals surface area contributed by atoms with E-state index in [0.717, 1.165) is 67.2 Å². The van der Waals surface area contributed by atoms with Gasteiger partial charge in [-0.3, -0.25) is 4.57 Å². The molecule has 0 unspecified atom stereocenters. The van der Waals surface area contributed by atoms with Crippen LogP contribution in [-0.4, -0.2) is 23.3 Å². The quantitative estimate of drug-likeness (QED) is 0.174. The van der Waals surface area contributed by atoms with Gasteiger partial charge in [0.1, 0.15) is 5.82 Å². The van der Waals surface area contributed by atoms with E-state index < -0.39 is 0 Å². The second-order valence-corrected chi connectivity index (χ2v) is 14.1. The van der Waals surface area contributed by atoms with Crippen molar-refractivity contribution in [3.05, 3.63) is 187 Å². The van der Waals surface area contributed by atoms with Crippen LogP contribution in [0.5, 0.6) is 0 Å². The molecule has 0 aliphatic heterocycles. The first-order chi connectivity index (χ1) is 27.7. The van der Waals surface area contributed by atoms with Gasteiger partial charge in [0.2, 0.25) is 0 Å². The Morgan fingerprint density at radius 1 is 0.375 bits per heavy atom. The minimum absolute atomic E-state index is 0.888. The normalized spacial score (nSPS) is 11.6. The highest BCUT2D eigenvalue weighted by Gasteiger charge is 2.26. The van der Waals surface area contributed by atoms with Gasteiger partial charge >= 0.3 is 0 Å². The molecule has 0 aliphatic rings. The molecule has 0 aliphatic carbocycles. The Labute approximate surface area is 325 Å². The lowest BCUT2D eigenvalue weighted by atomic mass is 10.1. The SMILES string of the molecule is CC.Cc1ccc(C)n1-c1c(-n2c3ccccc3c3ccccc32)cc(-c2nc3ccccc3n2-c2ccccc2)cc1-n1c2ccccc2c2ccccc21. The molecule has 0 saturated heterocycles. The van der Waals surface area contributed by atoms with Crippen molar-refractivity contribution in [2.45, 2.75) is 27.7 Å². The maximum Gasteiger partial charge on any atom is 0.145 e. The minimum Gasteiger partial charge on any atom is -0.315 e. The van der Waals surface area contributed by atoms with Crippen LogP contribution in [0.1, 0.15) is 25.2 Å². The van der Waals surface area contributed by atoms with Crippen LogP contribution in [0, 0.1) is 13.8 Å². The van der Waals surface area contributed by atoms with Crippen LogP contribution < -0.4 is 0 Å². The molecule has 5 heteroatoms. The Morgan fingerprint density at radius 3 is 1.23 bits per heavy atom. The molecule has 0 bridgehead atoms. The summed E-state index contributed by atoms with van der Waals surface area (Å²) >= 11 is 0. The number of rotatable bonds is 5. The number of para-hydroxylation sites is 7. The number of aromatic nitrogens is 5. The summed E-state index contributed by atoms with van der Waals surface area (Å²) in [5, 5.41) is 4.89. The van der Waals surface area contributed by atoms with Gasteiger partial charge in [0.05, 0.1) is 50.2 Å². The van der Waals surface area contributed by atoms with Crippen LogP contribution in [0.4, 0.5) is 0 Å². The Morgan fingerprint density at radius 2 is 0.768 bits per heavy atom. The summed E-state index contributed by atoms with van der Waals surface area (Å²) in [6.45, 7) is 8.42. The summed E-state index contributed by atoms with van der Waals surface area (Å²) in [5.74, 6) is 0.888. The molecule has 56 heavy (non-hydrogen) atoms. The third-order valence-electron chi connectivity index (χ3n) is 11.0. The van der Waals surface area contributed by atoms with E-state index in [2.05, 4.69) is 208 Å². The number of fused-ring (bicyclic) bond motifs is 7. The zero-order valence-corrected chi connectivity index (χ0v) is 32.0. The zero-order valence-electron chi connectivity index (χ0n) is 32.0. The molecule has 0 N–H and O–H groups in total. The van der Waals surface area contributed by atoms with E-state index >= 15 is 0 Å². The van der Waals surface area contributed by atoms with E-state index in [0.29, 0.717) is 0 Å². The zero-order chi connectivity index (χ0) is 37.9. The third-order valence-corrected chi connectivity index (χ3v) is 11.0. The first-order valence-electron chi connectivity index (χ1n) is 19.5. The largest absolute Gasteiger partial charge is 0.315 e. The maximum atomic E-state index is 5.42. The average molecular weight is 724 g/mol. The van der Waals surface area contributed by atoms with Crippen molar-refractivity contribution in [3.8, 4) is 34.1 Å². The molecule has 11 rings (SSSR count). The molecule has 4 aromatic heterocycles. The number of benzene rings is 7. The van der Waals surface area contributed by atoms with E-state index in [1.54, 1.807) is 0 Å². The number of aryl methyl sites for hydroxylation is 2. The molecular weight excluding hydrogens is 683 g/mol. The standard InChI is InChI=1S/C49H35N5.C2H6/c1-32-28-29-33(2)51(32)48-46(53-41-23-11-6-18-36(41)37-19-7-12-24-42(37)53)30-34(49-50-40-22-10-15-27-45(40)52(49)35-16-4-3-5-17-35)31-47(48)54-43-25-13-8-20-38(43)39-21-9-14-26-44(39)54;1-2/h3-31H,1-2H3;1-2H3. The summed E-state index contributed by atoms with van der Waals surface area (Å²) in [5.41, 5.74) is 14.3. The highest BCUT2D eigenvalue weighted by molar-refractivity contribution is 6.11. The Kier molecular flexibility index (Phi) is 7.96. The second-order valence-electron chi connectivity index (χ2n) is 14.1. The van der Waals surface area contributed by atoms with Crippen molar-refractivity contribution in [1.29, 1.82) is 0 Å². The van der Waals surface area contributed by atoms with Gasteiger partial charge < -0.3 is 13.7 Å². The van der Waals surface area contributed by atoms with Gasteiger partial charge in [-0.15, -0.1) is 0 Å². The fourth-order valence-corrected chi connectivity index (χ4v) is 8.75. The van der Waals surface area contributed by atoms with Crippen LogP contribution in [0.3, 0.4) is 0 Å². The first-order valence-corrected chi connectivity index (χ1v) is 19.5. The van der Waals surface area contributed by atoms with Crippen molar-refractivity contribution in [1.82, 2.24) is 23.3 Å². The molecule has 0 spiro atoms. The monoisotopic (exact) mass is 723 g/mol. The lowest BCUT2D eigenvalue weighted by Crippen LogP contribution is -2.12. The van der Waals surface area contributed by atoms with Crippen molar-refractivity contribution >= 4 is 54.6 Å². The minimum atomic E-state index is 0.888. The lowest BCUT2D eigenvalue weighted by Gasteiger charge is -2.24. The van der Waals surface area contributed by atoms with Crippen LogP contribution in [-0.2, 0) is 0 Å². The summed E-state index contributed by atoms with van der Waals surface area (Å²) < 4.78 is 9.67. The second kappa shape index (κ2) is 13.3. The molecule has 5 nitrogen and oxygen atoms in total. The van der Waals surface area contributed by atoms with Crippen LogP contribution in [0.25, 0.3) is 88.8 Å². The smallest absolute Gasteiger partial charge is 0.145 e. The lowest BCUT2D eigenvalue weighted by molar-refractivity contribution is 0.931. The molecule has 0 radical (unpaired) electrons. The van der Waals surface area contributed by atoms with E-state index in [4.69, 9.17) is 4.98 Å². The van der Waals surface area contributed by atoms with Crippen molar-refractivity contribution in [2.24, 2.45) is 0 Å². The predicted octanol–water partition coefficient (Wildman–Crippen LogP) is 13.3. The summed E-state index contributed by atoms with van der Waals surface area (Å²) in [7, 11) is 0. The average Bonchev–Trinajstić information content (AvgIpc) is 4.00. The fraction of sp³-hybridized carbons (Fsp3) is 0.0784. The van der Waals surface area contributed by atoms with Gasteiger partial charge in [0.15, 0.2) is 0 Å². The molecule has 7 aromatic carbocycles. The van der Waals surface area contributed by atoms with Gasteiger partial charge in [0, 0.05) is 44.2 Å². The Balaban J connectivity index is 0.00000189. The summed E-state index contributed by atoms with van der Waals surface area (Å²) in [6, 6.07) is 63.4. The Hall–Kier alpha value is -7.11. The molecule has 11 aromatic rings. The van der Waals surface area contributed by atoms with Crippen LogP contribution >= 0.6 is 0 Å². The molecule has 0 atom stereocenters. The third kappa shape index (κ3) is 4.97. The highest BCUT2D eigenvalue weighted by Crippen LogP contribution is 2.43.